The van der Waals surface area contributed by atoms with Gasteiger partial charge in [0, 0.05) is 18.0 Å². The summed E-state index contributed by atoms with van der Waals surface area (Å²) < 4.78 is 0. The molecule has 1 fully saturated rings. The fourth-order valence-electron chi connectivity index (χ4n) is 3.41. The van der Waals surface area contributed by atoms with Crippen molar-refractivity contribution in [3.8, 4) is 0 Å². The second kappa shape index (κ2) is 6.27. The molecule has 1 saturated heterocycles. The van der Waals surface area contributed by atoms with Gasteiger partial charge >= 0.3 is 0 Å². The Bertz CT molecular complexity index is 451. The second-order valence-corrected chi connectivity index (χ2v) is 7.22. The van der Waals surface area contributed by atoms with Gasteiger partial charge in [0.15, 0.2) is 0 Å². The minimum absolute atomic E-state index is 0.260. The number of hydrogen-bond donors (Lipinski definition) is 1. The third-order valence-corrected chi connectivity index (χ3v) is 5.91. The van der Waals surface area contributed by atoms with Crippen LogP contribution in [0.5, 0.6) is 0 Å². The lowest BCUT2D eigenvalue weighted by Gasteiger charge is -2.31. The highest BCUT2D eigenvalue weighted by Crippen LogP contribution is 2.31. The summed E-state index contributed by atoms with van der Waals surface area (Å²) >= 11 is 1.74. The van der Waals surface area contributed by atoms with E-state index in [4.69, 9.17) is 5.73 Å². The van der Waals surface area contributed by atoms with Crippen LogP contribution in [0.1, 0.15) is 52.2 Å². The van der Waals surface area contributed by atoms with Gasteiger partial charge in [-0.25, -0.2) is 0 Å². The summed E-state index contributed by atoms with van der Waals surface area (Å²) in [4.78, 5) is 17.1. The van der Waals surface area contributed by atoms with E-state index in [1.807, 2.05) is 4.90 Å². The molecule has 2 aliphatic rings. The van der Waals surface area contributed by atoms with Gasteiger partial charge in [0.25, 0.3) is 5.91 Å². The summed E-state index contributed by atoms with van der Waals surface area (Å²) in [6.07, 6.45) is 8.24. The van der Waals surface area contributed by atoms with Crippen LogP contribution in [0.25, 0.3) is 0 Å². The number of nitrogens with zero attached hydrogens (tertiary/aromatic N) is 1. The summed E-state index contributed by atoms with van der Waals surface area (Å²) in [6.45, 7) is 2.59. The predicted molar refractivity (Wildman–Crippen MR) is 83.3 cm³/mol. The number of hydrogen-bond acceptors (Lipinski definition) is 3. The lowest BCUT2D eigenvalue weighted by molar-refractivity contribution is 0.0693. The molecule has 3 rings (SSSR count). The van der Waals surface area contributed by atoms with Crippen LogP contribution in [0.2, 0.25) is 0 Å². The first-order valence-electron chi connectivity index (χ1n) is 7.89. The van der Waals surface area contributed by atoms with E-state index in [1.165, 1.54) is 29.7 Å². The molecule has 1 aliphatic heterocycles. The molecule has 1 aromatic rings. The monoisotopic (exact) mass is 292 g/mol. The van der Waals surface area contributed by atoms with E-state index < -0.39 is 0 Å². The Labute approximate surface area is 125 Å². The lowest BCUT2D eigenvalue weighted by Crippen LogP contribution is -2.38. The van der Waals surface area contributed by atoms with E-state index in [-0.39, 0.29) is 5.91 Å². The molecule has 0 unspecified atom stereocenters. The topological polar surface area (TPSA) is 46.3 Å². The number of amides is 1. The van der Waals surface area contributed by atoms with Crippen molar-refractivity contribution in [2.24, 2.45) is 11.7 Å². The molecule has 0 atom stereocenters. The second-order valence-electron chi connectivity index (χ2n) is 6.08. The molecule has 0 spiro atoms. The number of rotatable bonds is 3. The van der Waals surface area contributed by atoms with Crippen molar-refractivity contribution in [1.82, 2.24) is 4.90 Å². The predicted octanol–water partition coefficient (Wildman–Crippen LogP) is 2.83. The molecule has 2 heterocycles. The Morgan fingerprint density at radius 2 is 2.05 bits per heavy atom. The van der Waals surface area contributed by atoms with E-state index in [0.717, 1.165) is 56.1 Å². The average molecular weight is 292 g/mol. The molecule has 3 nitrogen and oxygen atoms in total. The molecule has 0 bridgehead atoms. The van der Waals surface area contributed by atoms with Crippen LogP contribution >= 0.6 is 11.3 Å². The normalized spacial score (nSPS) is 19.9. The number of thiophene rings is 1. The van der Waals surface area contributed by atoms with Crippen LogP contribution in [0.15, 0.2) is 6.07 Å². The molecule has 2 N–H and O–H groups in total. The van der Waals surface area contributed by atoms with Crippen LogP contribution in [0.3, 0.4) is 0 Å². The van der Waals surface area contributed by atoms with E-state index in [0.29, 0.717) is 0 Å². The number of nitrogens with two attached hydrogens (primary N) is 1. The van der Waals surface area contributed by atoms with Crippen LogP contribution in [-0.4, -0.2) is 30.4 Å². The molecule has 0 aromatic carbocycles. The summed E-state index contributed by atoms with van der Waals surface area (Å²) in [5.41, 5.74) is 7.05. The molecule has 0 saturated carbocycles. The van der Waals surface area contributed by atoms with E-state index in [1.54, 1.807) is 11.3 Å². The zero-order valence-electron chi connectivity index (χ0n) is 12.1. The number of fused-ring (bicyclic) bond motifs is 1. The van der Waals surface area contributed by atoms with E-state index in [2.05, 4.69) is 6.07 Å². The van der Waals surface area contributed by atoms with Gasteiger partial charge in [0.2, 0.25) is 0 Å². The zero-order chi connectivity index (χ0) is 13.9. The van der Waals surface area contributed by atoms with Crippen LogP contribution in [0, 0.1) is 5.92 Å². The molecule has 20 heavy (non-hydrogen) atoms. The van der Waals surface area contributed by atoms with Gasteiger partial charge in [-0.05, 0) is 69.0 Å². The van der Waals surface area contributed by atoms with Crippen molar-refractivity contribution < 1.29 is 4.79 Å². The van der Waals surface area contributed by atoms with Crippen molar-refractivity contribution in [3.05, 3.63) is 21.4 Å². The molecular weight excluding hydrogens is 268 g/mol. The fourth-order valence-corrected chi connectivity index (χ4v) is 4.63. The highest BCUT2D eigenvalue weighted by molar-refractivity contribution is 7.14. The molecule has 0 radical (unpaired) electrons. The SMILES string of the molecule is NCCC1CCN(C(=O)c2cc3c(s2)CCCC3)CC1. The van der Waals surface area contributed by atoms with Gasteiger partial charge in [-0.3, -0.25) is 4.79 Å². The number of carbonyl (C=O) groups excluding carboxylic acids is 1. The number of likely N-dealkylation sites (tertiary alicyclic amines) is 1. The molecule has 4 heteroatoms. The van der Waals surface area contributed by atoms with E-state index >= 15 is 0 Å². The third kappa shape index (κ3) is 2.91. The zero-order valence-corrected chi connectivity index (χ0v) is 12.9. The van der Waals surface area contributed by atoms with Gasteiger partial charge < -0.3 is 10.6 Å². The maximum Gasteiger partial charge on any atom is 0.263 e. The van der Waals surface area contributed by atoms with Gasteiger partial charge in [-0.15, -0.1) is 11.3 Å². The largest absolute Gasteiger partial charge is 0.338 e. The van der Waals surface area contributed by atoms with Crippen molar-refractivity contribution in [1.29, 1.82) is 0 Å². The summed E-state index contributed by atoms with van der Waals surface area (Å²) in [6, 6.07) is 2.16. The van der Waals surface area contributed by atoms with Crippen LogP contribution in [-0.2, 0) is 12.8 Å². The van der Waals surface area contributed by atoms with Gasteiger partial charge in [0.05, 0.1) is 4.88 Å². The molecule has 110 valence electrons. The maximum atomic E-state index is 12.6. The van der Waals surface area contributed by atoms with Crippen molar-refractivity contribution in [3.63, 3.8) is 0 Å². The summed E-state index contributed by atoms with van der Waals surface area (Å²) in [7, 11) is 0. The number of aryl methyl sites for hydroxylation is 2. The minimum atomic E-state index is 0.260. The average Bonchev–Trinajstić information content (AvgIpc) is 2.91. The van der Waals surface area contributed by atoms with Crippen molar-refractivity contribution >= 4 is 17.2 Å². The van der Waals surface area contributed by atoms with Gasteiger partial charge in [-0.2, -0.15) is 0 Å². The van der Waals surface area contributed by atoms with Crippen LogP contribution < -0.4 is 5.73 Å². The third-order valence-electron chi connectivity index (χ3n) is 4.68. The van der Waals surface area contributed by atoms with Crippen molar-refractivity contribution in [2.75, 3.05) is 19.6 Å². The lowest BCUT2D eigenvalue weighted by atomic mass is 9.93. The Morgan fingerprint density at radius 1 is 1.30 bits per heavy atom. The van der Waals surface area contributed by atoms with Gasteiger partial charge in [0.1, 0.15) is 0 Å². The smallest absolute Gasteiger partial charge is 0.263 e. The first kappa shape index (κ1) is 14.1. The highest BCUT2D eigenvalue weighted by atomic mass is 32.1. The number of carbonyl (C=O) groups is 1. The first-order valence-corrected chi connectivity index (χ1v) is 8.70. The first-order chi connectivity index (χ1) is 9.78. The highest BCUT2D eigenvalue weighted by Gasteiger charge is 2.25. The van der Waals surface area contributed by atoms with Crippen LogP contribution in [0.4, 0.5) is 0 Å². The number of piperidine rings is 1. The standard InChI is InChI=1S/C16H24N2OS/c17-8-5-12-6-9-18(10-7-12)16(19)15-11-13-3-1-2-4-14(13)20-15/h11-12H,1-10,17H2. The Morgan fingerprint density at radius 3 is 2.75 bits per heavy atom. The molecule has 1 amide bonds. The Hall–Kier alpha value is -0.870. The van der Waals surface area contributed by atoms with Crippen molar-refractivity contribution in [2.45, 2.75) is 44.9 Å². The maximum absolute atomic E-state index is 12.6. The quantitative estimate of drug-likeness (QED) is 0.931. The molecule has 1 aromatic heterocycles. The fraction of sp³-hybridized carbons (Fsp3) is 0.688. The summed E-state index contributed by atoms with van der Waals surface area (Å²) in [5, 5.41) is 0. The Balaban J connectivity index is 1.63. The van der Waals surface area contributed by atoms with E-state index in [9.17, 15) is 4.79 Å². The van der Waals surface area contributed by atoms with Gasteiger partial charge in [-0.1, -0.05) is 0 Å². The summed E-state index contributed by atoms with van der Waals surface area (Å²) in [5.74, 6) is 0.983. The molecular formula is C16H24N2OS. The minimum Gasteiger partial charge on any atom is -0.338 e. The Kier molecular flexibility index (Phi) is 4.41. The molecule has 1 aliphatic carbocycles.